The lowest BCUT2D eigenvalue weighted by Crippen LogP contribution is -2.36. The Balaban J connectivity index is 4.56. The van der Waals surface area contributed by atoms with Crippen LogP contribution < -0.4 is 5.73 Å². The van der Waals surface area contributed by atoms with Crippen LogP contribution in [-0.2, 0) is 18.4 Å². The van der Waals surface area contributed by atoms with Gasteiger partial charge in [0.1, 0.15) is 12.2 Å². The first-order valence-corrected chi connectivity index (χ1v) is 21.6. The van der Waals surface area contributed by atoms with Gasteiger partial charge in [-0.25, -0.2) is 4.57 Å². The van der Waals surface area contributed by atoms with Crippen molar-refractivity contribution < 1.29 is 33.5 Å². The summed E-state index contributed by atoms with van der Waals surface area (Å²) in [7, 11) is -4.63. The molecule has 0 aromatic carbocycles. The minimum Gasteiger partial charge on any atom is -0.394 e. The zero-order chi connectivity index (χ0) is 35.6. The first-order chi connectivity index (χ1) is 23.3. The van der Waals surface area contributed by atoms with Gasteiger partial charge in [-0.2, -0.15) is 0 Å². The zero-order valence-electron chi connectivity index (χ0n) is 31.3. The Morgan fingerprint density at radius 3 is 1.42 bits per heavy atom. The number of phosphoric ester groups is 1. The monoisotopic (exact) mass is 704 g/mol. The number of aliphatic hydroxyl groups is 2. The molecule has 0 saturated carbocycles. The Kier molecular flexibility index (Phi) is 34.4. The lowest BCUT2D eigenvalue weighted by Gasteiger charge is -2.24. The molecular formula is C39H78NO7P. The Morgan fingerprint density at radius 2 is 1.04 bits per heavy atom. The van der Waals surface area contributed by atoms with Crippen LogP contribution in [0.15, 0.2) is 12.2 Å². The summed E-state index contributed by atoms with van der Waals surface area (Å²) in [6.45, 7) is 3.09. The van der Waals surface area contributed by atoms with Gasteiger partial charge in [-0.1, -0.05) is 167 Å². The predicted octanol–water partition coefficient (Wildman–Crippen LogP) is 10.5. The first kappa shape index (κ1) is 47.4. The summed E-state index contributed by atoms with van der Waals surface area (Å²) >= 11 is 0. The lowest BCUT2D eigenvalue weighted by atomic mass is 9.88. The summed E-state index contributed by atoms with van der Waals surface area (Å²) in [5.41, 5.74) is 5.83. The van der Waals surface area contributed by atoms with Crippen LogP contribution in [0.3, 0.4) is 0 Å². The number of carbonyl (C=O) groups is 1. The number of hydrogen-bond acceptors (Lipinski definition) is 7. The highest BCUT2D eigenvalue weighted by Gasteiger charge is 2.34. The van der Waals surface area contributed by atoms with Crippen molar-refractivity contribution in [3.63, 3.8) is 0 Å². The maximum Gasteiger partial charge on any atom is 0.473 e. The maximum absolute atomic E-state index is 13.5. The lowest BCUT2D eigenvalue weighted by molar-refractivity contribution is -0.131. The fourth-order valence-electron chi connectivity index (χ4n) is 6.20. The molecule has 286 valence electrons. The third-order valence-corrected chi connectivity index (χ3v) is 10.3. The Bertz CT molecular complexity index is 781. The van der Waals surface area contributed by atoms with Gasteiger partial charge in [0.05, 0.1) is 13.2 Å². The average Bonchev–Trinajstić information content (AvgIpc) is 3.08. The van der Waals surface area contributed by atoms with Crippen LogP contribution in [0.4, 0.5) is 0 Å². The number of carbonyl (C=O) groups excluding carboxylic acids is 1. The van der Waals surface area contributed by atoms with Crippen molar-refractivity contribution in [1.29, 1.82) is 0 Å². The van der Waals surface area contributed by atoms with Gasteiger partial charge in [0.15, 0.2) is 5.78 Å². The Labute approximate surface area is 296 Å². The molecular weight excluding hydrogens is 625 g/mol. The van der Waals surface area contributed by atoms with E-state index in [2.05, 4.69) is 26.0 Å². The highest BCUT2D eigenvalue weighted by atomic mass is 31.2. The molecule has 9 heteroatoms. The normalized spacial score (nSPS) is 15.1. The number of allylic oxidation sites excluding steroid dienone is 2. The van der Waals surface area contributed by atoms with Gasteiger partial charge in [0.2, 0.25) is 0 Å². The summed E-state index contributed by atoms with van der Waals surface area (Å²) in [6.07, 6.45) is 35.8. The second-order valence-corrected chi connectivity index (χ2v) is 15.3. The number of rotatable bonds is 38. The van der Waals surface area contributed by atoms with E-state index in [4.69, 9.17) is 19.9 Å². The van der Waals surface area contributed by atoms with Gasteiger partial charge >= 0.3 is 7.82 Å². The van der Waals surface area contributed by atoms with Gasteiger partial charge in [0.25, 0.3) is 0 Å². The van der Waals surface area contributed by atoms with E-state index in [0.717, 1.165) is 57.8 Å². The van der Waals surface area contributed by atoms with Gasteiger partial charge in [-0.05, 0) is 38.5 Å². The fourth-order valence-corrected chi connectivity index (χ4v) is 7.13. The van der Waals surface area contributed by atoms with Crippen molar-refractivity contribution in [2.24, 2.45) is 11.7 Å². The van der Waals surface area contributed by atoms with E-state index in [9.17, 15) is 19.4 Å². The topological polar surface area (TPSA) is 139 Å². The molecule has 5 N–H and O–H groups in total. The molecule has 0 amide bonds. The van der Waals surface area contributed by atoms with E-state index in [-0.39, 0.29) is 18.2 Å². The molecule has 0 aromatic rings. The molecule has 0 fully saturated rings. The van der Waals surface area contributed by atoms with Crippen LogP contribution in [-0.4, -0.2) is 52.9 Å². The molecule has 0 rings (SSSR count). The van der Waals surface area contributed by atoms with Crippen LogP contribution in [0.25, 0.3) is 0 Å². The Morgan fingerprint density at radius 1 is 0.667 bits per heavy atom. The van der Waals surface area contributed by atoms with Crippen LogP contribution in [0.1, 0.15) is 194 Å². The van der Waals surface area contributed by atoms with Crippen molar-refractivity contribution in [2.45, 2.75) is 206 Å². The smallest absolute Gasteiger partial charge is 0.394 e. The molecule has 0 aromatic heterocycles. The number of aliphatic hydroxyl groups excluding tert-OH is 2. The van der Waals surface area contributed by atoms with Crippen molar-refractivity contribution in [1.82, 2.24) is 0 Å². The molecule has 0 aliphatic heterocycles. The van der Waals surface area contributed by atoms with Crippen LogP contribution in [0.5, 0.6) is 0 Å². The SMILES string of the molecule is CCCCCCCC/C=C\CCCCCCC(CCCCCCCCCCCCCCCC)C(=O)C(CN)OP(=O)(O)OCC(O)CO. The number of phosphoric acid groups is 1. The number of ketones is 1. The molecule has 0 aliphatic rings. The maximum atomic E-state index is 13.5. The quantitative estimate of drug-likeness (QED) is 0.0283. The van der Waals surface area contributed by atoms with Crippen molar-refractivity contribution in [3.05, 3.63) is 12.2 Å². The summed E-state index contributed by atoms with van der Waals surface area (Å²) in [6, 6.07) is 0. The molecule has 4 unspecified atom stereocenters. The number of unbranched alkanes of at least 4 members (excludes halogenated alkanes) is 23. The molecule has 0 heterocycles. The van der Waals surface area contributed by atoms with E-state index in [1.165, 1.54) is 116 Å². The second-order valence-electron chi connectivity index (χ2n) is 13.9. The van der Waals surface area contributed by atoms with Crippen molar-refractivity contribution >= 4 is 13.6 Å². The molecule has 0 bridgehead atoms. The molecule has 0 spiro atoms. The molecule has 0 aliphatic carbocycles. The summed E-state index contributed by atoms with van der Waals surface area (Å²) in [5, 5.41) is 18.4. The van der Waals surface area contributed by atoms with Gasteiger partial charge < -0.3 is 20.8 Å². The second kappa shape index (κ2) is 34.8. The standard InChI is InChI=1S/C39H78NO7P/c1-3-5-7-9-11-13-15-17-19-21-23-25-27-29-31-36(39(43)38(33-40)47-48(44,45)46-35-37(42)34-41)32-30-28-26-24-22-20-18-16-14-12-10-8-6-4-2/h17,19,36-38,41-42H,3-16,18,20-35,40H2,1-2H3,(H,44,45)/b19-17-. The zero-order valence-corrected chi connectivity index (χ0v) is 32.2. The first-order valence-electron chi connectivity index (χ1n) is 20.1. The van der Waals surface area contributed by atoms with Crippen molar-refractivity contribution in [3.8, 4) is 0 Å². The highest BCUT2D eigenvalue weighted by Crippen LogP contribution is 2.45. The summed E-state index contributed by atoms with van der Waals surface area (Å²) < 4.78 is 22.4. The average molecular weight is 704 g/mol. The van der Waals surface area contributed by atoms with Gasteiger partial charge in [0, 0.05) is 12.5 Å². The van der Waals surface area contributed by atoms with E-state index in [0.29, 0.717) is 6.42 Å². The highest BCUT2D eigenvalue weighted by molar-refractivity contribution is 7.47. The van der Waals surface area contributed by atoms with Crippen LogP contribution in [0.2, 0.25) is 0 Å². The minimum atomic E-state index is -4.63. The van der Waals surface area contributed by atoms with Crippen LogP contribution in [0, 0.1) is 5.92 Å². The third-order valence-electron chi connectivity index (χ3n) is 9.31. The van der Waals surface area contributed by atoms with E-state index in [1.54, 1.807) is 0 Å². The molecule has 8 nitrogen and oxygen atoms in total. The van der Waals surface area contributed by atoms with E-state index in [1.807, 2.05) is 0 Å². The number of hydrogen-bond donors (Lipinski definition) is 4. The third kappa shape index (κ3) is 30.2. The fraction of sp³-hybridized carbons (Fsp3) is 0.923. The minimum absolute atomic E-state index is 0.227. The predicted molar refractivity (Wildman–Crippen MR) is 201 cm³/mol. The molecule has 4 atom stereocenters. The number of Topliss-reactive ketones (excluding diaryl/α,β-unsaturated/α-hetero) is 1. The summed E-state index contributed by atoms with van der Waals surface area (Å²) in [5.74, 6) is -0.526. The van der Waals surface area contributed by atoms with Gasteiger partial charge in [-0.15, -0.1) is 0 Å². The van der Waals surface area contributed by atoms with Crippen LogP contribution >= 0.6 is 7.82 Å². The van der Waals surface area contributed by atoms with Crippen molar-refractivity contribution in [2.75, 3.05) is 19.8 Å². The van der Waals surface area contributed by atoms with E-state index < -0.39 is 33.2 Å². The largest absolute Gasteiger partial charge is 0.473 e. The van der Waals surface area contributed by atoms with Gasteiger partial charge in [-0.3, -0.25) is 13.8 Å². The Hall–Kier alpha value is -0.600. The summed E-state index contributed by atoms with van der Waals surface area (Å²) in [4.78, 5) is 23.6. The van der Waals surface area contributed by atoms with E-state index >= 15 is 0 Å². The molecule has 0 saturated heterocycles. The number of nitrogens with two attached hydrogens (primary N) is 1. The molecule has 48 heavy (non-hydrogen) atoms. The molecule has 0 radical (unpaired) electrons.